The second-order valence-corrected chi connectivity index (χ2v) is 5.89. The van der Waals surface area contributed by atoms with Gasteiger partial charge in [-0.05, 0) is 61.1 Å². The third kappa shape index (κ3) is 5.97. The van der Waals surface area contributed by atoms with Crippen molar-refractivity contribution in [3.63, 3.8) is 0 Å². The lowest BCUT2D eigenvalue weighted by Crippen LogP contribution is -1.89. The van der Waals surface area contributed by atoms with Gasteiger partial charge in [-0.1, -0.05) is 43.5 Å². The van der Waals surface area contributed by atoms with Crippen LogP contribution in [0.3, 0.4) is 0 Å². The van der Waals surface area contributed by atoms with Crippen LogP contribution in [0.25, 0.3) is 0 Å². The molecule has 23 heavy (non-hydrogen) atoms. The number of benzene rings is 2. The number of hydrogen-bond acceptors (Lipinski definition) is 2. The summed E-state index contributed by atoms with van der Waals surface area (Å²) in [5.74, 6) is 0. The Balaban J connectivity index is 1.55. The van der Waals surface area contributed by atoms with Crippen molar-refractivity contribution in [1.82, 2.24) is 0 Å². The number of hydrogen-bond donors (Lipinski definition) is 0. The van der Waals surface area contributed by atoms with E-state index in [-0.39, 0.29) is 0 Å². The Labute approximate surface area is 139 Å². The van der Waals surface area contributed by atoms with Gasteiger partial charge in [0.2, 0.25) is 0 Å². The molecule has 0 bridgehead atoms. The minimum atomic E-state index is 0.733. The van der Waals surface area contributed by atoms with Crippen LogP contribution in [0.5, 0.6) is 0 Å². The average molecular weight is 302 g/mol. The van der Waals surface area contributed by atoms with Gasteiger partial charge in [0.15, 0.2) is 0 Å². The molecule has 0 atom stereocenters. The number of aryl methyl sites for hydroxylation is 2. The summed E-state index contributed by atoms with van der Waals surface area (Å²) in [5, 5.41) is 17.5. The number of nitrogens with zero attached hydrogens (tertiary/aromatic N) is 2. The fraction of sp³-hybridized carbons (Fsp3) is 0.333. The molecule has 0 aliphatic heterocycles. The van der Waals surface area contributed by atoms with Crippen LogP contribution in [0.1, 0.15) is 54.4 Å². The molecular weight excluding hydrogens is 280 g/mol. The van der Waals surface area contributed by atoms with E-state index >= 15 is 0 Å². The van der Waals surface area contributed by atoms with E-state index in [1.807, 2.05) is 24.3 Å². The average Bonchev–Trinajstić information content (AvgIpc) is 2.62. The highest BCUT2D eigenvalue weighted by molar-refractivity contribution is 5.32. The molecule has 0 aliphatic rings. The second kappa shape index (κ2) is 9.44. The van der Waals surface area contributed by atoms with Crippen LogP contribution >= 0.6 is 0 Å². The quantitative estimate of drug-likeness (QED) is 0.632. The molecule has 0 fully saturated rings. The van der Waals surface area contributed by atoms with Crippen molar-refractivity contribution < 1.29 is 0 Å². The Morgan fingerprint density at radius 1 is 0.522 bits per heavy atom. The molecule has 0 heterocycles. The summed E-state index contributed by atoms with van der Waals surface area (Å²) in [6.07, 6.45) is 8.40. The smallest absolute Gasteiger partial charge is 0.0991 e. The highest BCUT2D eigenvalue weighted by atomic mass is 14.2. The fourth-order valence-corrected chi connectivity index (χ4v) is 2.68. The fourth-order valence-electron chi connectivity index (χ4n) is 2.68. The Morgan fingerprint density at radius 3 is 1.22 bits per heavy atom. The van der Waals surface area contributed by atoms with Crippen molar-refractivity contribution in [3.05, 3.63) is 70.8 Å². The summed E-state index contributed by atoms with van der Waals surface area (Å²) in [6, 6.07) is 20.1. The first-order valence-electron chi connectivity index (χ1n) is 8.30. The summed E-state index contributed by atoms with van der Waals surface area (Å²) in [6.45, 7) is 0. The molecule has 0 aromatic heterocycles. The van der Waals surface area contributed by atoms with Crippen LogP contribution in [0.15, 0.2) is 48.5 Å². The van der Waals surface area contributed by atoms with E-state index < -0.39 is 0 Å². The van der Waals surface area contributed by atoms with Crippen molar-refractivity contribution in [2.75, 3.05) is 0 Å². The van der Waals surface area contributed by atoms with E-state index in [0.717, 1.165) is 24.0 Å². The summed E-state index contributed by atoms with van der Waals surface area (Å²) in [5.41, 5.74) is 4.11. The molecule has 0 unspecified atom stereocenters. The number of unbranched alkanes of at least 4 members (excludes halogenated alkanes) is 4. The van der Waals surface area contributed by atoms with Crippen LogP contribution in [0.4, 0.5) is 0 Å². The standard InChI is InChI=1S/C21H22N2/c22-16-20-12-8-18(9-13-20)6-4-2-1-3-5-7-19-10-14-21(17-23)15-11-19/h8-15H,1-7H2. The first-order valence-corrected chi connectivity index (χ1v) is 8.30. The van der Waals surface area contributed by atoms with Gasteiger partial charge in [0.25, 0.3) is 0 Å². The molecule has 2 rings (SSSR count). The molecule has 116 valence electrons. The molecule has 2 nitrogen and oxygen atoms in total. The Kier molecular flexibility index (Phi) is 6.89. The third-order valence-electron chi connectivity index (χ3n) is 4.10. The highest BCUT2D eigenvalue weighted by Gasteiger charge is 1.97. The number of nitriles is 2. The first kappa shape index (κ1) is 16.8. The van der Waals surface area contributed by atoms with Gasteiger partial charge in [0, 0.05) is 0 Å². The van der Waals surface area contributed by atoms with Gasteiger partial charge >= 0.3 is 0 Å². The van der Waals surface area contributed by atoms with Crippen molar-refractivity contribution in [3.8, 4) is 12.1 Å². The normalized spacial score (nSPS) is 10.0. The van der Waals surface area contributed by atoms with Gasteiger partial charge in [-0.15, -0.1) is 0 Å². The zero-order valence-electron chi connectivity index (χ0n) is 13.5. The topological polar surface area (TPSA) is 47.6 Å². The van der Waals surface area contributed by atoms with Crippen LogP contribution in [-0.2, 0) is 12.8 Å². The summed E-state index contributed by atoms with van der Waals surface area (Å²) >= 11 is 0. The maximum absolute atomic E-state index is 8.77. The maximum Gasteiger partial charge on any atom is 0.0991 e. The van der Waals surface area contributed by atoms with E-state index in [2.05, 4.69) is 36.4 Å². The minimum Gasteiger partial charge on any atom is -0.192 e. The zero-order valence-corrected chi connectivity index (χ0v) is 13.5. The van der Waals surface area contributed by atoms with E-state index in [1.165, 1.54) is 43.2 Å². The molecule has 0 aliphatic carbocycles. The SMILES string of the molecule is N#Cc1ccc(CCCCCCCc2ccc(C#N)cc2)cc1. The Hall–Kier alpha value is -2.58. The molecule has 0 spiro atoms. The van der Waals surface area contributed by atoms with Gasteiger partial charge in [-0.3, -0.25) is 0 Å². The molecule has 2 aromatic rings. The lowest BCUT2D eigenvalue weighted by molar-refractivity contribution is 0.613. The van der Waals surface area contributed by atoms with Gasteiger partial charge in [-0.2, -0.15) is 10.5 Å². The first-order chi connectivity index (χ1) is 11.3. The lowest BCUT2D eigenvalue weighted by atomic mass is 10.0. The van der Waals surface area contributed by atoms with Crippen molar-refractivity contribution >= 4 is 0 Å². The third-order valence-corrected chi connectivity index (χ3v) is 4.10. The number of rotatable bonds is 8. The Bertz CT molecular complexity index is 608. The van der Waals surface area contributed by atoms with Crippen molar-refractivity contribution in [2.24, 2.45) is 0 Å². The predicted molar refractivity (Wildman–Crippen MR) is 92.8 cm³/mol. The van der Waals surface area contributed by atoms with Crippen LogP contribution in [0.2, 0.25) is 0 Å². The summed E-state index contributed by atoms with van der Waals surface area (Å²) in [4.78, 5) is 0. The predicted octanol–water partition coefficient (Wildman–Crippen LogP) is 5.17. The van der Waals surface area contributed by atoms with E-state index in [1.54, 1.807) is 0 Å². The molecule has 0 N–H and O–H groups in total. The van der Waals surface area contributed by atoms with Gasteiger partial charge in [-0.25, -0.2) is 0 Å². The van der Waals surface area contributed by atoms with Crippen molar-refractivity contribution in [1.29, 1.82) is 10.5 Å². The van der Waals surface area contributed by atoms with E-state index in [0.29, 0.717) is 0 Å². The molecule has 2 aromatic carbocycles. The summed E-state index contributed by atoms with van der Waals surface area (Å²) in [7, 11) is 0. The summed E-state index contributed by atoms with van der Waals surface area (Å²) < 4.78 is 0. The Morgan fingerprint density at radius 2 is 0.870 bits per heavy atom. The van der Waals surface area contributed by atoms with Gasteiger partial charge in [0.05, 0.1) is 23.3 Å². The van der Waals surface area contributed by atoms with Crippen LogP contribution in [-0.4, -0.2) is 0 Å². The van der Waals surface area contributed by atoms with E-state index in [4.69, 9.17) is 10.5 Å². The largest absolute Gasteiger partial charge is 0.192 e. The zero-order chi connectivity index (χ0) is 16.3. The van der Waals surface area contributed by atoms with E-state index in [9.17, 15) is 0 Å². The maximum atomic E-state index is 8.77. The molecule has 2 heteroatoms. The van der Waals surface area contributed by atoms with Gasteiger partial charge < -0.3 is 0 Å². The molecule has 0 amide bonds. The highest BCUT2D eigenvalue weighted by Crippen LogP contribution is 2.12. The molecule has 0 saturated carbocycles. The lowest BCUT2D eigenvalue weighted by Gasteiger charge is -2.04. The van der Waals surface area contributed by atoms with Crippen molar-refractivity contribution in [2.45, 2.75) is 44.9 Å². The van der Waals surface area contributed by atoms with Crippen LogP contribution < -0.4 is 0 Å². The second-order valence-electron chi connectivity index (χ2n) is 5.89. The molecule has 0 saturated heterocycles. The molecule has 0 radical (unpaired) electrons. The monoisotopic (exact) mass is 302 g/mol. The molecular formula is C21H22N2. The minimum absolute atomic E-state index is 0.733. The van der Waals surface area contributed by atoms with Gasteiger partial charge in [0.1, 0.15) is 0 Å². The van der Waals surface area contributed by atoms with Crippen LogP contribution in [0, 0.1) is 22.7 Å².